The SMILES string of the molecule is C[C@H](NC1CCOC2(CCCC2)C1)C1CCCCC1. The van der Waals surface area contributed by atoms with Crippen molar-refractivity contribution in [1.29, 1.82) is 0 Å². The van der Waals surface area contributed by atoms with Crippen LogP contribution in [0.5, 0.6) is 0 Å². The van der Waals surface area contributed by atoms with Gasteiger partial charge in [-0.1, -0.05) is 32.1 Å². The highest BCUT2D eigenvalue weighted by atomic mass is 16.5. The lowest BCUT2D eigenvalue weighted by atomic mass is 9.83. The molecule has 0 radical (unpaired) electrons. The van der Waals surface area contributed by atoms with Crippen LogP contribution >= 0.6 is 0 Å². The largest absolute Gasteiger partial charge is 0.375 e. The summed E-state index contributed by atoms with van der Waals surface area (Å²) in [5.74, 6) is 0.927. The topological polar surface area (TPSA) is 21.3 Å². The molecule has 0 aromatic rings. The Bertz CT molecular complexity index is 279. The fourth-order valence-electron chi connectivity index (χ4n) is 4.68. The molecular weight excluding hydrogens is 234 g/mol. The Morgan fingerprint density at radius 3 is 2.47 bits per heavy atom. The van der Waals surface area contributed by atoms with E-state index in [0.29, 0.717) is 12.1 Å². The molecule has 19 heavy (non-hydrogen) atoms. The third-order valence-corrected chi connectivity index (χ3v) is 5.86. The van der Waals surface area contributed by atoms with E-state index < -0.39 is 0 Å². The molecule has 1 saturated heterocycles. The quantitative estimate of drug-likeness (QED) is 0.831. The van der Waals surface area contributed by atoms with Crippen molar-refractivity contribution in [2.75, 3.05) is 6.61 Å². The van der Waals surface area contributed by atoms with Gasteiger partial charge in [0, 0.05) is 18.7 Å². The van der Waals surface area contributed by atoms with Gasteiger partial charge in [-0.25, -0.2) is 0 Å². The van der Waals surface area contributed by atoms with Crippen LogP contribution in [0.3, 0.4) is 0 Å². The lowest BCUT2D eigenvalue weighted by Crippen LogP contribution is -2.49. The highest BCUT2D eigenvalue weighted by Gasteiger charge is 2.40. The number of hydrogen-bond acceptors (Lipinski definition) is 2. The van der Waals surface area contributed by atoms with E-state index in [2.05, 4.69) is 12.2 Å². The summed E-state index contributed by atoms with van der Waals surface area (Å²) in [6.45, 7) is 3.40. The first kappa shape index (κ1) is 13.9. The fourth-order valence-corrected chi connectivity index (χ4v) is 4.68. The maximum Gasteiger partial charge on any atom is 0.0697 e. The normalized spacial score (nSPS) is 33.6. The average Bonchev–Trinajstić information content (AvgIpc) is 2.88. The molecular formula is C17H31NO. The van der Waals surface area contributed by atoms with Crippen LogP contribution in [-0.4, -0.2) is 24.3 Å². The van der Waals surface area contributed by atoms with Crippen molar-refractivity contribution in [3.05, 3.63) is 0 Å². The molecule has 2 heteroatoms. The molecule has 3 rings (SSSR count). The minimum absolute atomic E-state index is 0.266. The van der Waals surface area contributed by atoms with E-state index in [1.165, 1.54) is 70.6 Å². The summed E-state index contributed by atoms with van der Waals surface area (Å²) in [4.78, 5) is 0. The molecule has 1 N–H and O–H groups in total. The van der Waals surface area contributed by atoms with Crippen molar-refractivity contribution in [3.8, 4) is 0 Å². The summed E-state index contributed by atoms with van der Waals surface area (Å²) in [6.07, 6.45) is 15.1. The van der Waals surface area contributed by atoms with Gasteiger partial charge in [-0.15, -0.1) is 0 Å². The van der Waals surface area contributed by atoms with Crippen LogP contribution in [0.1, 0.15) is 77.6 Å². The molecule has 0 aromatic carbocycles. The van der Waals surface area contributed by atoms with Crippen molar-refractivity contribution in [3.63, 3.8) is 0 Å². The molecule has 1 aliphatic heterocycles. The Kier molecular flexibility index (Phi) is 4.48. The molecule has 0 bridgehead atoms. The van der Waals surface area contributed by atoms with Gasteiger partial charge in [0.15, 0.2) is 0 Å². The molecule has 2 saturated carbocycles. The first-order chi connectivity index (χ1) is 9.27. The lowest BCUT2D eigenvalue weighted by Gasteiger charge is -2.41. The molecule has 1 unspecified atom stereocenters. The van der Waals surface area contributed by atoms with Crippen LogP contribution in [0.2, 0.25) is 0 Å². The summed E-state index contributed by atoms with van der Waals surface area (Å²) in [5, 5.41) is 3.96. The molecule has 0 amide bonds. The Morgan fingerprint density at radius 2 is 1.74 bits per heavy atom. The predicted octanol–water partition coefficient (Wildman–Crippen LogP) is 4.04. The second kappa shape index (κ2) is 6.13. The molecule has 0 aromatic heterocycles. The van der Waals surface area contributed by atoms with Crippen LogP contribution in [0.4, 0.5) is 0 Å². The highest BCUT2D eigenvalue weighted by molar-refractivity contribution is 4.94. The second-order valence-corrected chi connectivity index (χ2v) is 7.28. The van der Waals surface area contributed by atoms with Gasteiger partial charge in [0.25, 0.3) is 0 Å². The number of hydrogen-bond donors (Lipinski definition) is 1. The Labute approximate surface area is 118 Å². The molecule has 3 fully saturated rings. The van der Waals surface area contributed by atoms with Gasteiger partial charge >= 0.3 is 0 Å². The zero-order valence-corrected chi connectivity index (χ0v) is 12.6. The Balaban J connectivity index is 1.51. The van der Waals surface area contributed by atoms with Crippen LogP contribution in [0, 0.1) is 5.92 Å². The molecule has 2 aliphatic carbocycles. The standard InChI is InChI=1S/C17H31NO/c1-14(15-7-3-2-4-8-15)18-16-9-12-19-17(13-16)10-5-6-11-17/h14-16,18H,2-13H2,1H3/t14-,16?/m0/s1. The maximum atomic E-state index is 6.14. The van der Waals surface area contributed by atoms with E-state index in [1.807, 2.05) is 0 Å². The smallest absolute Gasteiger partial charge is 0.0697 e. The van der Waals surface area contributed by atoms with Gasteiger partial charge < -0.3 is 10.1 Å². The summed E-state index contributed by atoms with van der Waals surface area (Å²) in [5.41, 5.74) is 0.266. The van der Waals surface area contributed by atoms with Crippen molar-refractivity contribution >= 4 is 0 Å². The third-order valence-electron chi connectivity index (χ3n) is 5.86. The molecule has 2 atom stereocenters. The van der Waals surface area contributed by atoms with E-state index in [4.69, 9.17) is 4.74 Å². The summed E-state index contributed by atoms with van der Waals surface area (Å²) in [7, 11) is 0. The van der Waals surface area contributed by atoms with Crippen molar-refractivity contribution in [2.45, 2.75) is 95.2 Å². The Hall–Kier alpha value is -0.0800. The van der Waals surface area contributed by atoms with Gasteiger partial charge in [0.05, 0.1) is 5.60 Å². The maximum absolute atomic E-state index is 6.14. The van der Waals surface area contributed by atoms with Crippen LogP contribution in [-0.2, 0) is 4.74 Å². The second-order valence-electron chi connectivity index (χ2n) is 7.28. The lowest BCUT2D eigenvalue weighted by molar-refractivity contribution is -0.0853. The third kappa shape index (κ3) is 3.33. The van der Waals surface area contributed by atoms with E-state index in [0.717, 1.165) is 12.5 Å². The van der Waals surface area contributed by atoms with Crippen molar-refractivity contribution in [1.82, 2.24) is 5.32 Å². The number of ether oxygens (including phenoxy) is 1. The minimum atomic E-state index is 0.266. The fraction of sp³-hybridized carbons (Fsp3) is 1.00. The monoisotopic (exact) mass is 265 g/mol. The van der Waals surface area contributed by atoms with E-state index >= 15 is 0 Å². The van der Waals surface area contributed by atoms with Gasteiger partial charge in [0.1, 0.15) is 0 Å². The minimum Gasteiger partial charge on any atom is -0.375 e. The van der Waals surface area contributed by atoms with E-state index in [1.54, 1.807) is 0 Å². The molecule has 110 valence electrons. The summed E-state index contributed by atoms with van der Waals surface area (Å²) in [6, 6.07) is 1.42. The van der Waals surface area contributed by atoms with Gasteiger partial charge in [-0.3, -0.25) is 0 Å². The molecule has 2 nitrogen and oxygen atoms in total. The Morgan fingerprint density at radius 1 is 1.00 bits per heavy atom. The van der Waals surface area contributed by atoms with E-state index in [9.17, 15) is 0 Å². The first-order valence-electron chi connectivity index (χ1n) is 8.67. The van der Waals surface area contributed by atoms with Gasteiger partial charge in [0.2, 0.25) is 0 Å². The van der Waals surface area contributed by atoms with E-state index in [-0.39, 0.29) is 5.60 Å². The predicted molar refractivity (Wildman–Crippen MR) is 79.3 cm³/mol. The number of nitrogens with one attached hydrogen (secondary N) is 1. The zero-order valence-electron chi connectivity index (χ0n) is 12.6. The first-order valence-corrected chi connectivity index (χ1v) is 8.67. The zero-order chi connectivity index (χ0) is 13.1. The van der Waals surface area contributed by atoms with Crippen molar-refractivity contribution < 1.29 is 4.74 Å². The highest BCUT2D eigenvalue weighted by Crippen LogP contribution is 2.40. The summed E-state index contributed by atoms with van der Waals surface area (Å²) >= 11 is 0. The van der Waals surface area contributed by atoms with Gasteiger partial charge in [-0.05, 0) is 51.4 Å². The van der Waals surface area contributed by atoms with Crippen LogP contribution in [0.15, 0.2) is 0 Å². The average molecular weight is 265 g/mol. The van der Waals surface area contributed by atoms with Crippen LogP contribution in [0.25, 0.3) is 0 Å². The molecule has 1 heterocycles. The molecule has 1 spiro atoms. The summed E-state index contributed by atoms with van der Waals surface area (Å²) < 4.78 is 6.14. The number of rotatable bonds is 3. The molecule has 3 aliphatic rings. The van der Waals surface area contributed by atoms with Gasteiger partial charge in [-0.2, -0.15) is 0 Å². The van der Waals surface area contributed by atoms with Crippen LogP contribution < -0.4 is 5.32 Å². The van der Waals surface area contributed by atoms with Crippen molar-refractivity contribution in [2.24, 2.45) is 5.92 Å².